The monoisotopic (exact) mass is 219 g/mol. The number of ether oxygens (including phenoxy) is 1. The Kier molecular flexibility index (Phi) is 2.63. The number of carboxylic acid groups (broad SMARTS) is 1. The van der Waals surface area contributed by atoms with Crippen LogP contribution in [-0.4, -0.2) is 32.1 Å². The molecule has 0 aromatic carbocycles. The third-order valence-electron chi connectivity index (χ3n) is 2.01. The molecule has 2 aromatic rings. The average Bonchev–Trinajstić information content (AvgIpc) is 2.29. The summed E-state index contributed by atoms with van der Waals surface area (Å²) in [5.74, 6) is -0.816. The lowest BCUT2D eigenvalue weighted by Gasteiger charge is -2.10. The van der Waals surface area contributed by atoms with Crippen LogP contribution < -0.4 is 4.74 Å². The Hall–Kier alpha value is -2.24. The summed E-state index contributed by atoms with van der Waals surface area (Å²) in [6, 6.07) is 3.44. The van der Waals surface area contributed by atoms with Gasteiger partial charge in [0, 0.05) is 6.20 Å². The normalized spacial score (nSPS) is 12.3. The van der Waals surface area contributed by atoms with E-state index in [1.165, 1.54) is 13.3 Å². The molecular weight excluding hydrogens is 210 g/mol. The van der Waals surface area contributed by atoms with E-state index in [1.54, 1.807) is 18.3 Å². The van der Waals surface area contributed by atoms with E-state index in [4.69, 9.17) is 9.84 Å². The highest BCUT2D eigenvalue weighted by Gasteiger charge is 2.15. The number of aromatic nitrogens is 3. The molecule has 6 heteroatoms. The molecule has 0 fully saturated rings. The fraction of sp³-hybridized carbons (Fsp3) is 0.200. The van der Waals surface area contributed by atoms with Crippen molar-refractivity contribution in [2.45, 2.75) is 13.0 Å². The molecule has 2 rings (SSSR count). The molecule has 82 valence electrons. The number of hydrogen-bond donors (Lipinski definition) is 1. The number of nitrogens with zero attached hydrogens (tertiary/aromatic N) is 3. The van der Waals surface area contributed by atoms with Crippen LogP contribution in [0.3, 0.4) is 0 Å². The van der Waals surface area contributed by atoms with Gasteiger partial charge in [-0.1, -0.05) is 0 Å². The van der Waals surface area contributed by atoms with E-state index in [9.17, 15) is 4.79 Å². The van der Waals surface area contributed by atoms with Gasteiger partial charge in [0.15, 0.2) is 11.8 Å². The van der Waals surface area contributed by atoms with Gasteiger partial charge in [-0.25, -0.2) is 19.7 Å². The summed E-state index contributed by atoms with van der Waals surface area (Å²) in [4.78, 5) is 22.5. The van der Waals surface area contributed by atoms with Crippen molar-refractivity contribution >= 4 is 17.0 Å². The zero-order chi connectivity index (χ0) is 11.5. The quantitative estimate of drug-likeness (QED) is 0.824. The fourth-order valence-corrected chi connectivity index (χ4v) is 1.18. The Bertz CT molecular complexity index is 524. The highest BCUT2D eigenvalue weighted by atomic mass is 16.5. The number of fused-ring (bicyclic) bond motifs is 1. The first-order valence-electron chi connectivity index (χ1n) is 4.63. The molecule has 1 N–H and O–H groups in total. The Balaban J connectivity index is 2.41. The molecule has 2 heterocycles. The van der Waals surface area contributed by atoms with Gasteiger partial charge < -0.3 is 9.84 Å². The van der Waals surface area contributed by atoms with Crippen molar-refractivity contribution in [1.82, 2.24) is 15.0 Å². The minimum absolute atomic E-state index is 0.230. The molecule has 1 unspecified atom stereocenters. The van der Waals surface area contributed by atoms with Crippen LogP contribution >= 0.6 is 0 Å². The van der Waals surface area contributed by atoms with E-state index in [-0.39, 0.29) is 5.88 Å². The second-order valence-corrected chi connectivity index (χ2v) is 3.15. The molecule has 0 saturated heterocycles. The third kappa shape index (κ3) is 1.90. The molecule has 0 saturated carbocycles. The first kappa shape index (κ1) is 10.3. The van der Waals surface area contributed by atoms with Crippen LogP contribution in [0.5, 0.6) is 5.88 Å². The zero-order valence-electron chi connectivity index (χ0n) is 8.49. The largest absolute Gasteiger partial charge is 0.479 e. The standard InChI is InChI=1S/C10H9N3O3/c1-6(10(14)15)16-9-7-3-2-4-11-8(7)12-5-13-9/h2-6H,1H3,(H,14,15). The Morgan fingerprint density at radius 3 is 3.00 bits per heavy atom. The number of carboxylic acids is 1. The van der Waals surface area contributed by atoms with Gasteiger partial charge in [-0.05, 0) is 19.1 Å². The molecule has 0 spiro atoms. The molecule has 0 bridgehead atoms. The lowest BCUT2D eigenvalue weighted by molar-refractivity contribution is -0.144. The van der Waals surface area contributed by atoms with Crippen molar-refractivity contribution < 1.29 is 14.6 Å². The van der Waals surface area contributed by atoms with Gasteiger partial charge in [-0.3, -0.25) is 0 Å². The van der Waals surface area contributed by atoms with Crippen molar-refractivity contribution in [2.75, 3.05) is 0 Å². The average molecular weight is 219 g/mol. The molecule has 16 heavy (non-hydrogen) atoms. The number of carbonyl (C=O) groups is 1. The Morgan fingerprint density at radius 2 is 2.25 bits per heavy atom. The molecule has 1 atom stereocenters. The summed E-state index contributed by atoms with van der Waals surface area (Å²) in [5.41, 5.74) is 0.477. The molecule has 0 radical (unpaired) electrons. The number of hydrogen-bond acceptors (Lipinski definition) is 5. The van der Waals surface area contributed by atoms with Crippen LogP contribution in [0.15, 0.2) is 24.7 Å². The van der Waals surface area contributed by atoms with Crippen molar-refractivity contribution in [2.24, 2.45) is 0 Å². The van der Waals surface area contributed by atoms with Crippen LogP contribution in [0.1, 0.15) is 6.92 Å². The van der Waals surface area contributed by atoms with Crippen LogP contribution in [0.25, 0.3) is 11.0 Å². The molecule has 0 aliphatic rings. The highest BCUT2D eigenvalue weighted by molar-refractivity contribution is 5.80. The van der Waals surface area contributed by atoms with E-state index in [1.807, 2.05) is 0 Å². The smallest absolute Gasteiger partial charge is 0.344 e. The van der Waals surface area contributed by atoms with Crippen molar-refractivity contribution in [1.29, 1.82) is 0 Å². The van der Waals surface area contributed by atoms with Crippen molar-refractivity contribution in [3.05, 3.63) is 24.7 Å². The summed E-state index contributed by atoms with van der Waals surface area (Å²) in [6.45, 7) is 1.44. The fourth-order valence-electron chi connectivity index (χ4n) is 1.18. The minimum atomic E-state index is -1.05. The van der Waals surface area contributed by atoms with E-state index in [0.29, 0.717) is 11.0 Å². The Labute approximate surface area is 90.9 Å². The van der Waals surface area contributed by atoms with Gasteiger partial charge in [0.1, 0.15) is 6.33 Å². The maximum atomic E-state index is 10.7. The molecule has 6 nitrogen and oxygen atoms in total. The molecule has 0 aliphatic carbocycles. The second-order valence-electron chi connectivity index (χ2n) is 3.15. The first-order chi connectivity index (χ1) is 7.68. The SMILES string of the molecule is CC(Oc1ncnc2ncccc12)C(=O)O. The first-order valence-corrected chi connectivity index (χ1v) is 4.63. The number of pyridine rings is 1. The van der Waals surface area contributed by atoms with E-state index in [0.717, 1.165) is 0 Å². The topological polar surface area (TPSA) is 85.2 Å². The van der Waals surface area contributed by atoms with E-state index in [2.05, 4.69) is 15.0 Å². The van der Waals surface area contributed by atoms with Gasteiger partial charge in [0.05, 0.1) is 5.39 Å². The maximum Gasteiger partial charge on any atom is 0.344 e. The molecule has 2 aromatic heterocycles. The van der Waals surface area contributed by atoms with E-state index >= 15 is 0 Å². The molecular formula is C10H9N3O3. The van der Waals surface area contributed by atoms with E-state index < -0.39 is 12.1 Å². The van der Waals surface area contributed by atoms with Crippen LogP contribution in [0, 0.1) is 0 Å². The van der Waals surface area contributed by atoms with Gasteiger partial charge in [0.2, 0.25) is 5.88 Å². The van der Waals surface area contributed by atoms with Crippen LogP contribution in [-0.2, 0) is 4.79 Å². The zero-order valence-corrected chi connectivity index (χ0v) is 8.49. The summed E-state index contributed by atoms with van der Waals surface area (Å²) < 4.78 is 5.20. The minimum Gasteiger partial charge on any atom is -0.479 e. The number of rotatable bonds is 3. The van der Waals surface area contributed by atoms with Crippen molar-refractivity contribution in [3.8, 4) is 5.88 Å². The van der Waals surface area contributed by atoms with Crippen molar-refractivity contribution in [3.63, 3.8) is 0 Å². The summed E-state index contributed by atoms with van der Waals surface area (Å²) in [6.07, 6.45) is 1.93. The van der Waals surface area contributed by atoms with Gasteiger partial charge in [-0.15, -0.1) is 0 Å². The van der Waals surface area contributed by atoms with Gasteiger partial charge >= 0.3 is 5.97 Å². The summed E-state index contributed by atoms with van der Waals surface area (Å²) in [7, 11) is 0. The lowest BCUT2D eigenvalue weighted by atomic mass is 10.3. The molecule has 0 amide bonds. The third-order valence-corrected chi connectivity index (χ3v) is 2.01. The van der Waals surface area contributed by atoms with Crippen LogP contribution in [0.4, 0.5) is 0 Å². The maximum absolute atomic E-state index is 10.7. The predicted octanol–water partition coefficient (Wildman–Crippen LogP) is 0.877. The second kappa shape index (κ2) is 4.09. The highest BCUT2D eigenvalue weighted by Crippen LogP contribution is 2.19. The Morgan fingerprint density at radius 1 is 1.44 bits per heavy atom. The van der Waals surface area contributed by atoms with Crippen LogP contribution in [0.2, 0.25) is 0 Å². The summed E-state index contributed by atoms with van der Waals surface area (Å²) >= 11 is 0. The summed E-state index contributed by atoms with van der Waals surface area (Å²) in [5, 5.41) is 9.33. The lowest BCUT2D eigenvalue weighted by Crippen LogP contribution is -2.23. The van der Waals surface area contributed by atoms with Gasteiger partial charge in [-0.2, -0.15) is 0 Å². The number of aliphatic carboxylic acids is 1. The van der Waals surface area contributed by atoms with Gasteiger partial charge in [0.25, 0.3) is 0 Å². The predicted molar refractivity (Wildman–Crippen MR) is 55.1 cm³/mol. The molecule has 0 aliphatic heterocycles.